The molecule has 0 spiro atoms. The monoisotopic (exact) mass is 407 g/mol. The maximum absolute atomic E-state index is 12.5. The number of nitrogens with zero attached hydrogens (tertiary/aromatic N) is 4. The standard InChI is InChI=1S/C21H21N5O4/c1-2-15(13-25-19-17(30-21(25)29)8-5-10-22-19)24-18(27)9-11-26-20(28)16-7-4-3-6-14(16)12-23-26/h3-8,10,12,15H,2,9,11,13H2,1H3,(H,24,27)/t15-/m1/s1. The minimum Gasteiger partial charge on any atom is -0.406 e. The summed E-state index contributed by atoms with van der Waals surface area (Å²) in [7, 11) is 0. The van der Waals surface area contributed by atoms with Crippen molar-refractivity contribution in [3.8, 4) is 0 Å². The highest BCUT2D eigenvalue weighted by molar-refractivity contribution is 5.80. The van der Waals surface area contributed by atoms with E-state index in [9.17, 15) is 14.4 Å². The fourth-order valence-electron chi connectivity index (χ4n) is 3.35. The van der Waals surface area contributed by atoms with E-state index in [1.165, 1.54) is 9.25 Å². The second-order valence-electron chi connectivity index (χ2n) is 6.99. The van der Waals surface area contributed by atoms with Gasteiger partial charge in [-0.15, -0.1) is 0 Å². The summed E-state index contributed by atoms with van der Waals surface area (Å²) < 4.78 is 7.90. The third-order valence-corrected chi connectivity index (χ3v) is 5.00. The van der Waals surface area contributed by atoms with E-state index in [0.717, 1.165) is 5.39 Å². The Morgan fingerprint density at radius 2 is 2.03 bits per heavy atom. The van der Waals surface area contributed by atoms with E-state index < -0.39 is 5.76 Å². The zero-order chi connectivity index (χ0) is 21.1. The van der Waals surface area contributed by atoms with E-state index in [0.29, 0.717) is 23.0 Å². The number of nitrogens with one attached hydrogen (secondary N) is 1. The third-order valence-electron chi connectivity index (χ3n) is 5.00. The number of pyridine rings is 1. The lowest BCUT2D eigenvalue weighted by molar-refractivity contribution is -0.122. The molecule has 0 aliphatic heterocycles. The summed E-state index contributed by atoms with van der Waals surface area (Å²) in [6, 6.07) is 10.3. The number of oxazole rings is 1. The summed E-state index contributed by atoms with van der Waals surface area (Å²) in [5.74, 6) is -0.735. The van der Waals surface area contributed by atoms with E-state index in [4.69, 9.17) is 4.42 Å². The molecule has 3 aromatic heterocycles. The minimum absolute atomic E-state index is 0.0982. The predicted octanol–water partition coefficient (Wildman–Crippen LogP) is 1.68. The van der Waals surface area contributed by atoms with Crippen molar-refractivity contribution in [1.29, 1.82) is 0 Å². The first-order valence-corrected chi connectivity index (χ1v) is 9.75. The van der Waals surface area contributed by atoms with Crippen LogP contribution in [0.5, 0.6) is 0 Å². The van der Waals surface area contributed by atoms with Crippen molar-refractivity contribution in [3.05, 3.63) is 69.7 Å². The Morgan fingerprint density at radius 3 is 2.87 bits per heavy atom. The Balaban J connectivity index is 1.43. The molecule has 9 nitrogen and oxygen atoms in total. The fraction of sp³-hybridized carbons (Fsp3) is 0.286. The van der Waals surface area contributed by atoms with Crippen LogP contribution in [0.15, 0.2) is 62.8 Å². The number of aryl methyl sites for hydroxylation is 1. The maximum Gasteiger partial charge on any atom is 0.421 e. The average molecular weight is 407 g/mol. The van der Waals surface area contributed by atoms with Crippen molar-refractivity contribution < 1.29 is 9.21 Å². The van der Waals surface area contributed by atoms with Gasteiger partial charge in [0.05, 0.1) is 24.7 Å². The molecule has 0 aliphatic rings. The lowest BCUT2D eigenvalue weighted by Gasteiger charge is -2.17. The Morgan fingerprint density at radius 1 is 1.20 bits per heavy atom. The van der Waals surface area contributed by atoms with Crippen LogP contribution in [0.25, 0.3) is 22.0 Å². The first kappa shape index (κ1) is 19.6. The maximum atomic E-state index is 12.5. The van der Waals surface area contributed by atoms with Gasteiger partial charge < -0.3 is 9.73 Å². The number of hydrogen-bond donors (Lipinski definition) is 1. The van der Waals surface area contributed by atoms with E-state index in [1.807, 2.05) is 19.1 Å². The number of carbonyl (C=O) groups is 1. The molecular weight excluding hydrogens is 386 g/mol. The summed E-state index contributed by atoms with van der Waals surface area (Å²) in [5, 5.41) is 8.39. The molecule has 3 heterocycles. The van der Waals surface area contributed by atoms with Gasteiger partial charge in [0.2, 0.25) is 5.91 Å². The molecule has 0 aliphatic carbocycles. The highest BCUT2D eigenvalue weighted by atomic mass is 16.4. The highest BCUT2D eigenvalue weighted by Gasteiger charge is 2.17. The van der Waals surface area contributed by atoms with Crippen LogP contribution in [0, 0.1) is 0 Å². The Bertz CT molecular complexity index is 1320. The van der Waals surface area contributed by atoms with Crippen LogP contribution >= 0.6 is 0 Å². The fourth-order valence-corrected chi connectivity index (χ4v) is 3.35. The lowest BCUT2D eigenvalue weighted by Crippen LogP contribution is -2.40. The average Bonchev–Trinajstić information content (AvgIpc) is 3.08. The van der Waals surface area contributed by atoms with Crippen LogP contribution < -0.4 is 16.6 Å². The lowest BCUT2D eigenvalue weighted by atomic mass is 10.2. The topological polar surface area (TPSA) is 112 Å². The van der Waals surface area contributed by atoms with E-state index in [-0.39, 0.29) is 37.0 Å². The predicted molar refractivity (Wildman–Crippen MR) is 111 cm³/mol. The molecule has 30 heavy (non-hydrogen) atoms. The normalized spacial score (nSPS) is 12.3. The molecule has 1 atom stereocenters. The largest absolute Gasteiger partial charge is 0.421 e. The van der Waals surface area contributed by atoms with Gasteiger partial charge >= 0.3 is 5.76 Å². The molecule has 1 aromatic carbocycles. The molecule has 0 fully saturated rings. The second kappa shape index (κ2) is 8.32. The Hall–Kier alpha value is -3.75. The number of benzene rings is 1. The van der Waals surface area contributed by atoms with Crippen LogP contribution in [0.1, 0.15) is 19.8 Å². The second-order valence-corrected chi connectivity index (χ2v) is 6.99. The quantitative estimate of drug-likeness (QED) is 0.499. The first-order chi connectivity index (χ1) is 14.6. The van der Waals surface area contributed by atoms with Crippen LogP contribution in [-0.4, -0.2) is 31.3 Å². The summed E-state index contributed by atoms with van der Waals surface area (Å²) >= 11 is 0. The van der Waals surface area contributed by atoms with Crippen LogP contribution in [0.3, 0.4) is 0 Å². The third kappa shape index (κ3) is 3.86. The summed E-state index contributed by atoms with van der Waals surface area (Å²) in [6.07, 6.45) is 3.92. The van der Waals surface area contributed by atoms with Gasteiger partial charge in [0.1, 0.15) is 0 Å². The SMILES string of the molecule is CC[C@H](Cn1c(=O)oc2cccnc21)NC(=O)CCn1ncc2ccccc2c1=O. The molecule has 0 bridgehead atoms. The number of rotatable bonds is 7. The Kier molecular flexibility index (Phi) is 5.42. The first-order valence-electron chi connectivity index (χ1n) is 9.75. The van der Waals surface area contributed by atoms with Crippen LogP contribution in [-0.2, 0) is 17.9 Å². The van der Waals surface area contributed by atoms with Gasteiger partial charge in [-0.2, -0.15) is 5.10 Å². The molecule has 1 amide bonds. The Labute approximate surface area is 171 Å². The summed E-state index contributed by atoms with van der Waals surface area (Å²) in [6.45, 7) is 2.34. The molecular formula is C21H21N5O4. The van der Waals surface area contributed by atoms with Crippen LogP contribution in [0.4, 0.5) is 0 Å². The van der Waals surface area contributed by atoms with Crippen molar-refractivity contribution in [2.45, 2.75) is 38.9 Å². The van der Waals surface area contributed by atoms with Gasteiger partial charge in [0.25, 0.3) is 5.56 Å². The van der Waals surface area contributed by atoms with Crippen molar-refractivity contribution in [2.24, 2.45) is 0 Å². The number of aromatic nitrogens is 4. The van der Waals surface area contributed by atoms with Gasteiger partial charge in [-0.05, 0) is 24.6 Å². The van der Waals surface area contributed by atoms with E-state index in [1.54, 1.807) is 36.7 Å². The smallest absolute Gasteiger partial charge is 0.406 e. The molecule has 0 radical (unpaired) electrons. The minimum atomic E-state index is -0.511. The van der Waals surface area contributed by atoms with Crippen molar-refractivity contribution >= 4 is 27.9 Å². The molecule has 154 valence electrons. The van der Waals surface area contributed by atoms with Crippen LogP contribution in [0.2, 0.25) is 0 Å². The zero-order valence-electron chi connectivity index (χ0n) is 16.4. The molecule has 0 saturated heterocycles. The number of amides is 1. The zero-order valence-corrected chi connectivity index (χ0v) is 16.4. The molecule has 0 unspecified atom stereocenters. The molecule has 0 saturated carbocycles. The van der Waals surface area contributed by atoms with Gasteiger partial charge in [0, 0.05) is 24.0 Å². The van der Waals surface area contributed by atoms with Crippen molar-refractivity contribution in [2.75, 3.05) is 0 Å². The summed E-state index contributed by atoms with van der Waals surface area (Å²) in [5.41, 5.74) is 0.628. The highest BCUT2D eigenvalue weighted by Crippen LogP contribution is 2.10. The van der Waals surface area contributed by atoms with Gasteiger partial charge in [0.15, 0.2) is 11.2 Å². The van der Waals surface area contributed by atoms with Crippen molar-refractivity contribution in [3.63, 3.8) is 0 Å². The molecule has 9 heteroatoms. The molecule has 4 rings (SSSR count). The van der Waals surface area contributed by atoms with Gasteiger partial charge in [-0.25, -0.2) is 14.5 Å². The summed E-state index contributed by atoms with van der Waals surface area (Å²) in [4.78, 5) is 41.3. The van der Waals surface area contributed by atoms with E-state index >= 15 is 0 Å². The van der Waals surface area contributed by atoms with E-state index in [2.05, 4.69) is 15.4 Å². The number of hydrogen-bond acceptors (Lipinski definition) is 6. The van der Waals surface area contributed by atoms with Gasteiger partial charge in [-0.1, -0.05) is 25.1 Å². The van der Waals surface area contributed by atoms with Crippen molar-refractivity contribution in [1.82, 2.24) is 24.6 Å². The molecule has 1 N–H and O–H groups in total. The number of fused-ring (bicyclic) bond motifs is 2. The van der Waals surface area contributed by atoms with Gasteiger partial charge in [-0.3, -0.25) is 14.2 Å². The number of carbonyl (C=O) groups excluding carboxylic acids is 1. The molecule has 4 aromatic rings.